The molecule has 4 rings (SSSR count). The molecule has 0 amide bonds. The molecule has 2 atom stereocenters. The van der Waals surface area contributed by atoms with Crippen LogP contribution in [-0.2, 0) is 11.3 Å². The van der Waals surface area contributed by atoms with Crippen LogP contribution in [0.25, 0.3) is 21.3 Å². The van der Waals surface area contributed by atoms with E-state index in [0.717, 1.165) is 34.9 Å². The molecule has 0 radical (unpaired) electrons. The number of aromatic amines is 1. The Kier molecular flexibility index (Phi) is 4.84. The van der Waals surface area contributed by atoms with Gasteiger partial charge in [-0.25, -0.2) is 4.98 Å². The van der Waals surface area contributed by atoms with Crippen LogP contribution >= 0.6 is 22.9 Å². The van der Waals surface area contributed by atoms with Gasteiger partial charge in [0.2, 0.25) is 0 Å². The lowest BCUT2D eigenvalue weighted by molar-refractivity contribution is -0.928. The lowest BCUT2D eigenvalue weighted by atomic mass is 10.1. The summed E-state index contributed by atoms with van der Waals surface area (Å²) in [6.45, 7) is 6.73. The number of rotatable bonds is 3. The lowest BCUT2D eigenvalue weighted by Crippen LogP contribution is -3.14. The number of nitrogens with one attached hydrogen (secondary N) is 2. The minimum absolute atomic E-state index is 0.0787. The first-order chi connectivity index (χ1) is 12.5. The second-order valence-electron chi connectivity index (χ2n) is 6.94. The summed E-state index contributed by atoms with van der Waals surface area (Å²) in [5.41, 5.74) is 1.80. The van der Waals surface area contributed by atoms with Crippen LogP contribution in [0.4, 0.5) is 0 Å². The first-order valence-electron chi connectivity index (χ1n) is 8.75. The van der Waals surface area contributed by atoms with Gasteiger partial charge in [0.25, 0.3) is 5.56 Å². The second-order valence-corrected chi connectivity index (χ2v) is 8.24. The van der Waals surface area contributed by atoms with Gasteiger partial charge < -0.3 is 14.6 Å². The molecule has 2 aromatic heterocycles. The molecule has 2 N–H and O–H groups in total. The summed E-state index contributed by atoms with van der Waals surface area (Å²) >= 11 is 7.47. The van der Waals surface area contributed by atoms with Crippen LogP contribution < -0.4 is 10.5 Å². The van der Waals surface area contributed by atoms with Crippen molar-refractivity contribution in [3.05, 3.63) is 50.8 Å². The van der Waals surface area contributed by atoms with E-state index in [1.165, 1.54) is 16.2 Å². The van der Waals surface area contributed by atoms with Gasteiger partial charge in [-0.3, -0.25) is 4.79 Å². The minimum Gasteiger partial charge on any atom is -0.364 e. The Hall–Kier alpha value is -1.73. The SMILES string of the molecule is C[C@H]1C[NH+](Cc2nc3scc(-c4ccc(Cl)cc4)c3c(=O)[nH]2)C[C@H](C)O1. The highest BCUT2D eigenvalue weighted by molar-refractivity contribution is 7.17. The fraction of sp³-hybridized carbons (Fsp3) is 0.368. The van der Waals surface area contributed by atoms with E-state index >= 15 is 0 Å². The Morgan fingerprint density at radius 2 is 1.96 bits per heavy atom. The molecule has 136 valence electrons. The van der Waals surface area contributed by atoms with Crippen LogP contribution in [-0.4, -0.2) is 35.3 Å². The number of halogens is 1. The third-order valence-electron chi connectivity index (χ3n) is 4.68. The van der Waals surface area contributed by atoms with Crippen molar-refractivity contribution in [2.75, 3.05) is 13.1 Å². The number of fused-ring (bicyclic) bond motifs is 1. The fourth-order valence-corrected chi connectivity index (χ4v) is 4.78. The lowest BCUT2D eigenvalue weighted by Gasteiger charge is -2.32. The quantitative estimate of drug-likeness (QED) is 0.722. The zero-order valence-corrected chi connectivity index (χ0v) is 16.3. The van der Waals surface area contributed by atoms with E-state index in [-0.39, 0.29) is 17.8 Å². The summed E-state index contributed by atoms with van der Waals surface area (Å²) in [5.74, 6) is 0.739. The Morgan fingerprint density at radius 3 is 2.65 bits per heavy atom. The fourth-order valence-electron chi connectivity index (χ4n) is 3.69. The highest BCUT2D eigenvalue weighted by Gasteiger charge is 2.26. The Bertz CT molecular complexity index is 973. The summed E-state index contributed by atoms with van der Waals surface area (Å²) in [6, 6.07) is 7.52. The first-order valence-corrected chi connectivity index (χ1v) is 10.0. The number of H-pyrrole nitrogens is 1. The average molecular weight is 391 g/mol. The van der Waals surface area contributed by atoms with E-state index in [4.69, 9.17) is 21.3 Å². The zero-order chi connectivity index (χ0) is 18.3. The first kappa shape index (κ1) is 17.7. The molecule has 3 heterocycles. The summed E-state index contributed by atoms with van der Waals surface area (Å²) in [5, 5.41) is 3.32. The van der Waals surface area contributed by atoms with Crippen LogP contribution in [0, 0.1) is 0 Å². The molecule has 0 unspecified atom stereocenters. The van der Waals surface area contributed by atoms with Crippen molar-refractivity contribution in [1.29, 1.82) is 0 Å². The average Bonchev–Trinajstić information content (AvgIpc) is 2.99. The molecule has 0 spiro atoms. The molecule has 0 aliphatic carbocycles. The van der Waals surface area contributed by atoms with Crippen molar-refractivity contribution in [3.8, 4) is 11.1 Å². The van der Waals surface area contributed by atoms with Gasteiger partial charge >= 0.3 is 0 Å². The molecular formula is C19H21ClN3O2S+. The van der Waals surface area contributed by atoms with Gasteiger partial charge in [0.15, 0.2) is 5.82 Å². The summed E-state index contributed by atoms with van der Waals surface area (Å²) in [7, 11) is 0. The molecule has 1 saturated heterocycles. The molecule has 5 nitrogen and oxygen atoms in total. The van der Waals surface area contributed by atoms with Gasteiger partial charge in [-0.05, 0) is 31.5 Å². The molecule has 0 saturated carbocycles. The number of quaternary nitrogens is 1. The van der Waals surface area contributed by atoms with E-state index in [1.54, 1.807) is 0 Å². The minimum atomic E-state index is -0.0787. The molecule has 1 aliphatic rings. The van der Waals surface area contributed by atoms with Crippen molar-refractivity contribution in [3.63, 3.8) is 0 Å². The van der Waals surface area contributed by atoms with Gasteiger partial charge in [0.1, 0.15) is 36.7 Å². The molecule has 1 fully saturated rings. The number of hydrogen-bond acceptors (Lipinski definition) is 4. The van der Waals surface area contributed by atoms with E-state index in [2.05, 4.69) is 18.8 Å². The number of benzene rings is 1. The highest BCUT2D eigenvalue weighted by atomic mass is 35.5. The third kappa shape index (κ3) is 3.55. The van der Waals surface area contributed by atoms with E-state index in [9.17, 15) is 4.79 Å². The highest BCUT2D eigenvalue weighted by Crippen LogP contribution is 2.31. The topological polar surface area (TPSA) is 59.4 Å². The molecule has 1 aliphatic heterocycles. The van der Waals surface area contributed by atoms with Crippen LogP contribution in [0.5, 0.6) is 0 Å². The van der Waals surface area contributed by atoms with Crippen molar-refractivity contribution in [2.24, 2.45) is 0 Å². The van der Waals surface area contributed by atoms with Crippen molar-refractivity contribution in [2.45, 2.75) is 32.6 Å². The summed E-state index contributed by atoms with van der Waals surface area (Å²) in [4.78, 5) is 22.6. The molecule has 1 aromatic carbocycles. The van der Waals surface area contributed by atoms with Crippen LogP contribution in [0.3, 0.4) is 0 Å². The van der Waals surface area contributed by atoms with Crippen LogP contribution in [0.15, 0.2) is 34.4 Å². The number of hydrogen-bond donors (Lipinski definition) is 2. The Balaban J connectivity index is 1.66. The maximum Gasteiger partial charge on any atom is 0.260 e. The number of thiophene rings is 1. The van der Waals surface area contributed by atoms with Gasteiger partial charge in [0.05, 0.1) is 5.39 Å². The van der Waals surface area contributed by atoms with Crippen molar-refractivity contribution >= 4 is 33.2 Å². The maximum atomic E-state index is 12.7. The number of aromatic nitrogens is 2. The number of ether oxygens (including phenoxy) is 1. The van der Waals surface area contributed by atoms with Gasteiger partial charge in [-0.1, -0.05) is 23.7 Å². The van der Waals surface area contributed by atoms with Crippen molar-refractivity contribution < 1.29 is 9.64 Å². The molecular weight excluding hydrogens is 370 g/mol. The predicted octanol–water partition coefficient (Wildman–Crippen LogP) is 2.50. The molecule has 26 heavy (non-hydrogen) atoms. The van der Waals surface area contributed by atoms with E-state index in [0.29, 0.717) is 17.0 Å². The third-order valence-corrected chi connectivity index (χ3v) is 5.81. The largest absolute Gasteiger partial charge is 0.364 e. The van der Waals surface area contributed by atoms with Crippen LogP contribution in [0.2, 0.25) is 5.02 Å². The smallest absolute Gasteiger partial charge is 0.260 e. The van der Waals surface area contributed by atoms with Gasteiger partial charge in [-0.2, -0.15) is 0 Å². The van der Waals surface area contributed by atoms with Gasteiger partial charge in [-0.15, -0.1) is 11.3 Å². The molecule has 0 bridgehead atoms. The van der Waals surface area contributed by atoms with Crippen molar-refractivity contribution in [1.82, 2.24) is 9.97 Å². The standard InChI is InChI=1S/C19H20ClN3O2S/c1-11-7-23(8-12(2)25-11)9-16-21-18(24)17-15(10-26-19(17)22-16)13-3-5-14(20)6-4-13/h3-6,10-12H,7-9H2,1-2H3,(H,21,22,24)/p+1/t11-,12-/m0/s1. The predicted molar refractivity (Wildman–Crippen MR) is 105 cm³/mol. The Labute approximate surface area is 160 Å². The summed E-state index contributed by atoms with van der Waals surface area (Å²) in [6.07, 6.45) is 0.449. The van der Waals surface area contributed by atoms with E-state index in [1.807, 2.05) is 29.6 Å². The van der Waals surface area contributed by atoms with E-state index < -0.39 is 0 Å². The maximum absolute atomic E-state index is 12.7. The number of morpholine rings is 1. The number of nitrogens with zero attached hydrogens (tertiary/aromatic N) is 1. The monoisotopic (exact) mass is 390 g/mol. The van der Waals surface area contributed by atoms with Crippen LogP contribution in [0.1, 0.15) is 19.7 Å². The second kappa shape index (κ2) is 7.12. The molecule has 3 aromatic rings. The van der Waals surface area contributed by atoms with Gasteiger partial charge in [0, 0.05) is 16.0 Å². The zero-order valence-electron chi connectivity index (χ0n) is 14.7. The Morgan fingerprint density at radius 1 is 1.27 bits per heavy atom. The normalized spacial score (nSPS) is 23.4. The summed E-state index contributed by atoms with van der Waals surface area (Å²) < 4.78 is 5.79. The molecule has 7 heteroatoms.